The summed E-state index contributed by atoms with van der Waals surface area (Å²) < 4.78 is 0. The van der Waals surface area contributed by atoms with E-state index in [2.05, 4.69) is 41.5 Å². The van der Waals surface area contributed by atoms with E-state index in [4.69, 9.17) is 0 Å². The number of hydrogen-bond donors (Lipinski definition) is 0. The molecule has 1 heteroatoms. The summed E-state index contributed by atoms with van der Waals surface area (Å²) in [6, 6.07) is 0. The molecule has 1 saturated carbocycles. The maximum absolute atomic E-state index is 11.8. The second kappa shape index (κ2) is 4.67. The molecule has 0 saturated heterocycles. The number of rotatable bonds is 0. The van der Waals surface area contributed by atoms with Crippen LogP contribution in [0.5, 0.6) is 0 Å². The maximum atomic E-state index is 11.8. The van der Waals surface area contributed by atoms with E-state index in [-0.39, 0.29) is 10.8 Å². The van der Waals surface area contributed by atoms with Crippen molar-refractivity contribution < 1.29 is 4.79 Å². The van der Waals surface area contributed by atoms with E-state index < -0.39 is 0 Å². The molecule has 2 unspecified atom stereocenters. The van der Waals surface area contributed by atoms with Crippen molar-refractivity contribution in [1.29, 1.82) is 0 Å². The minimum atomic E-state index is -0.129. The topological polar surface area (TPSA) is 17.1 Å². The Labute approximate surface area is 95.6 Å². The highest BCUT2D eigenvalue weighted by molar-refractivity contribution is 5.85. The van der Waals surface area contributed by atoms with E-state index in [9.17, 15) is 4.79 Å². The Hall–Kier alpha value is -0.330. The molecule has 0 aromatic rings. The van der Waals surface area contributed by atoms with E-state index in [1.165, 1.54) is 0 Å². The highest BCUT2D eigenvalue weighted by Gasteiger charge is 2.49. The van der Waals surface area contributed by atoms with Gasteiger partial charge in [0.25, 0.3) is 0 Å². The zero-order chi connectivity index (χ0) is 12.4. The van der Waals surface area contributed by atoms with Crippen molar-refractivity contribution in [2.45, 2.75) is 61.8 Å². The van der Waals surface area contributed by atoms with Gasteiger partial charge in [-0.3, -0.25) is 4.79 Å². The van der Waals surface area contributed by atoms with Crippen LogP contribution in [-0.4, -0.2) is 5.78 Å². The third-order valence-corrected chi connectivity index (χ3v) is 4.68. The van der Waals surface area contributed by atoms with Gasteiger partial charge in [0.05, 0.1) is 0 Å². The number of hydrogen-bond acceptors (Lipinski definition) is 1. The fraction of sp³-hybridized carbons (Fsp3) is 0.929. The monoisotopic (exact) mass is 212 g/mol. The average molecular weight is 212 g/mol. The Morgan fingerprint density at radius 3 is 1.87 bits per heavy atom. The molecule has 90 valence electrons. The Kier molecular flexibility index (Phi) is 4.57. The van der Waals surface area contributed by atoms with Crippen molar-refractivity contribution in [3.05, 3.63) is 0 Å². The summed E-state index contributed by atoms with van der Waals surface area (Å²) in [6.07, 6.45) is 0.754. The van der Waals surface area contributed by atoms with E-state index >= 15 is 0 Å². The summed E-state index contributed by atoms with van der Waals surface area (Å²) >= 11 is 0. The lowest BCUT2D eigenvalue weighted by atomic mass is 9.53. The van der Waals surface area contributed by atoms with Crippen LogP contribution in [-0.2, 0) is 4.79 Å². The van der Waals surface area contributed by atoms with Crippen molar-refractivity contribution in [3.63, 3.8) is 0 Å². The van der Waals surface area contributed by atoms with Gasteiger partial charge in [-0.2, -0.15) is 0 Å². The summed E-state index contributed by atoms with van der Waals surface area (Å²) in [7, 11) is 0. The third kappa shape index (κ3) is 2.43. The minimum Gasteiger partial charge on any atom is -0.299 e. The van der Waals surface area contributed by atoms with Crippen LogP contribution in [0.4, 0.5) is 0 Å². The van der Waals surface area contributed by atoms with Crippen LogP contribution in [0.3, 0.4) is 0 Å². The molecule has 0 amide bonds. The smallest absolute Gasteiger partial charge is 0.139 e. The van der Waals surface area contributed by atoms with E-state index in [1.807, 2.05) is 13.8 Å². The molecule has 0 radical (unpaired) electrons. The second-order valence-electron chi connectivity index (χ2n) is 5.79. The summed E-state index contributed by atoms with van der Waals surface area (Å²) in [4.78, 5) is 11.8. The second-order valence-corrected chi connectivity index (χ2v) is 5.79. The highest BCUT2D eigenvalue weighted by atomic mass is 16.1. The Morgan fingerprint density at radius 2 is 1.47 bits per heavy atom. The summed E-state index contributed by atoms with van der Waals surface area (Å²) in [5, 5.41) is 0. The zero-order valence-corrected chi connectivity index (χ0v) is 11.8. The Morgan fingerprint density at radius 1 is 1.07 bits per heavy atom. The van der Waals surface area contributed by atoms with E-state index in [0.29, 0.717) is 17.6 Å². The predicted octanol–water partition coefficient (Wildman–Crippen LogP) is 4.31. The molecule has 1 aliphatic carbocycles. The van der Waals surface area contributed by atoms with Crippen LogP contribution in [0.1, 0.15) is 61.8 Å². The first kappa shape index (κ1) is 14.7. The van der Waals surface area contributed by atoms with Gasteiger partial charge in [-0.1, -0.05) is 55.4 Å². The number of carbonyl (C=O) groups excluding carboxylic acids is 1. The van der Waals surface area contributed by atoms with Gasteiger partial charge in [0, 0.05) is 11.8 Å². The van der Waals surface area contributed by atoms with Gasteiger partial charge in [-0.25, -0.2) is 0 Å². The van der Waals surface area contributed by atoms with Crippen LogP contribution >= 0.6 is 0 Å². The van der Waals surface area contributed by atoms with E-state index in [1.54, 1.807) is 0 Å². The van der Waals surface area contributed by atoms with Gasteiger partial charge in [0.1, 0.15) is 5.78 Å². The van der Waals surface area contributed by atoms with Crippen molar-refractivity contribution in [2.75, 3.05) is 0 Å². The molecule has 1 nitrogen and oxygen atoms in total. The van der Waals surface area contributed by atoms with Crippen LogP contribution in [0.2, 0.25) is 0 Å². The van der Waals surface area contributed by atoms with Gasteiger partial charge in [0.2, 0.25) is 0 Å². The maximum Gasteiger partial charge on any atom is 0.139 e. The minimum absolute atomic E-state index is 0.129. The zero-order valence-electron chi connectivity index (χ0n) is 11.8. The molecule has 1 fully saturated rings. The lowest BCUT2D eigenvalue weighted by molar-refractivity contribution is -0.142. The van der Waals surface area contributed by atoms with Crippen LogP contribution in [0.15, 0.2) is 0 Å². The molecule has 0 N–H and O–H groups in total. The van der Waals surface area contributed by atoms with Gasteiger partial charge >= 0.3 is 0 Å². The molecule has 2 atom stereocenters. The highest BCUT2D eigenvalue weighted by Crippen LogP contribution is 2.51. The van der Waals surface area contributed by atoms with Gasteiger partial charge < -0.3 is 0 Å². The molecular formula is C14H28O. The quantitative estimate of drug-likeness (QED) is 0.585. The molecule has 0 aliphatic heterocycles. The Balaban J connectivity index is 0.000000921. The lowest BCUT2D eigenvalue weighted by Crippen LogP contribution is -2.48. The summed E-state index contributed by atoms with van der Waals surface area (Å²) in [6.45, 7) is 17.2. The Bertz CT molecular complexity index is 225. The van der Waals surface area contributed by atoms with Crippen LogP contribution in [0, 0.1) is 22.7 Å². The van der Waals surface area contributed by atoms with Gasteiger partial charge in [-0.05, 0) is 17.3 Å². The first-order valence-electron chi connectivity index (χ1n) is 6.24. The summed E-state index contributed by atoms with van der Waals surface area (Å²) in [5.41, 5.74) is 0.160. The lowest BCUT2D eigenvalue weighted by Gasteiger charge is -2.50. The van der Waals surface area contributed by atoms with E-state index in [0.717, 1.165) is 6.42 Å². The summed E-state index contributed by atoms with van der Waals surface area (Å²) in [5.74, 6) is 1.42. The molecule has 1 aliphatic rings. The van der Waals surface area contributed by atoms with Crippen molar-refractivity contribution in [2.24, 2.45) is 22.7 Å². The van der Waals surface area contributed by atoms with Crippen LogP contribution in [0.25, 0.3) is 0 Å². The molecule has 0 bridgehead atoms. The van der Waals surface area contributed by atoms with Crippen molar-refractivity contribution in [1.82, 2.24) is 0 Å². The predicted molar refractivity (Wildman–Crippen MR) is 66.9 cm³/mol. The third-order valence-electron chi connectivity index (χ3n) is 4.68. The fourth-order valence-corrected chi connectivity index (χ4v) is 2.40. The molecule has 0 spiro atoms. The molecule has 0 heterocycles. The van der Waals surface area contributed by atoms with Gasteiger partial charge in [-0.15, -0.1) is 0 Å². The van der Waals surface area contributed by atoms with Crippen LogP contribution < -0.4 is 0 Å². The van der Waals surface area contributed by atoms with Gasteiger partial charge in [0.15, 0.2) is 0 Å². The number of ketones is 1. The average Bonchev–Trinajstić information content (AvgIpc) is 2.17. The SMILES string of the molecule is CC.CC1CC(=O)C(C)(C)C(C)C1(C)C. The first-order chi connectivity index (χ1) is 6.70. The normalized spacial score (nSPS) is 32.9. The molecule has 0 aromatic carbocycles. The molecular weight excluding hydrogens is 184 g/mol. The number of carbonyl (C=O) groups is 1. The number of Topliss-reactive ketones (excluding diaryl/α,β-unsaturated/α-hetero) is 1. The van der Waals surface area contributed by atoms with Crippen molar-refractivity contribution >= 4 is 5.78 Å². The molecule has 1 rings (SSSR count). The molecule has 0 aromatic heterocycles. The standard InChI is InChI=1S/C12H22O.C2H6/c1-8-7-10(13)12(5,6)9(2)11(8,3)4;1-2/h8-9H,7H2,1-6H3;1-2H3. The molecule has 15 heavy (non-hydrogen) atoms. The first-order valence-corrected chi connectivity index (χ1v) is 6.24. The largest absolute Gasteiger partial charge is 0.299 e. The fourth-order valence-electron chi connectivity index (χ4n) is 2.40. The van der Waals surface area contributed by atoms with Crippen molar-refractivity contribution in [3.8, 4) is 0 Å².